The van der Waals surface area contributed by atoms with Crippen molar-refractivity contribution in [2.75, 3.05) is 12.4 Å². The van der Waals surface area contributed by atoms with E-state index >= 15 is 0 Å². The quantitative estimate of drug-likeness (QED) is 0.708. The van der Waals surface area contributed by atoms with Crippen molar-refractivity contribution >= 4 is 11.8 Å². The second kappa shape index (κ2) is 8.75. The number of nitrogens with zero attached hydrogens (tertiary/aromatic N) is 3. The van der Waals surface area contributed by atoms with Crippen molar-refractivity contribution < 1.29 is 9.53 Å². The Kier molecular flexibility index (Phi) is 5.94. The first kappa shape index (κ1) is 19.0. The van der Waals surface area contributed by atoms with Crippen LogP contribution in [0.2, 0.25) is 0 Å². The molecule has 0 bridgehead atoms. The number of anilines is 1. The van der Waals surface area contributed by atoms with Gasteiger partial charge in [0.15, 0.2) is 5.69 Å². The second-order valence-corrected chi connectivity index (χ2v) is 6.13. The number of rotatable bonds is 5. The molecule has 0 fully saturated rings. The molecule has 1 aromatic heterocycles. The number of carbonyl (C=O) groups is 1. The maximum Gasteiger partial charge on any atom is 0.411 e. The molecule has 0 spiro atoms. The van der Waals surface area contributed by atoms with Gasteiger partial charge in [0.1, 0.15) is 6.07 Å². The van der Waals surface area contributed by atoms with Crippen LogP contribution in [0.3, 0.4) is 0 Å². The molecule has 2 aromatic carbocycles. The number of nitrogens with one attached hydrogen (secondary N) is 1. The van der Waals surface area contributed by atoms with Gasteiger partial charge in [0.2, 0.25) is 0 Å². The minimum Gasteiger partial charge on any atom is -0.453 e. The predicted molar refractivity (Wildman–Crippen MR) is 105 cm³/mol. The van der Waals surface area contributed by atoms with Crippen molar-refractivity contribution in [2.24, 2.45) is 5.73 Å². The monoisotopic (exact) mass is 373 g/mol. The highest BCUT2D eigenvalue weighted by Crippen LogP contribution is 2.26. The fraction of sp³-hybridized carbons (Fsp3) is 0.143. The Morgan fingerprint density at radius 2 is 1.89 bits per heavy atom. The summed E-state index contributed by atoms with van der Waals surface area (Å²) in [5.74, 6) is 0. The molecule has 3 N–H and O–H groups in total. The minimum atomic E-state index is -0.551. The third kappa shape index (κ3) is 4.50. The summed E-state index contributed by atoms with van der Waals surface area (Å²) in [6.45, 7) is 0. The van der Waals surface area contributed by atoms with Gasteiger partial charge in [0.05, 0.1) is 18.8 Å². The zero-order valence-electron chi connectivity index (χ0n) is 15.3. The van der Waals surface area contributed by atoms with E-state index in [-0.39, 0.29) is 11.7 Å². The molecular weight excluding hydrogens is 354 g/mol. The van der Waals surface area contributed by atoms with Crippen molar-refractivity contribution in [1.82, 2.24) is 10.2 Å². The van der Waals surface area contributed by atoms with E-state index < -0.39 is 6.09 Å². The number of carbonyl (C=O) groups excluding carboxylic acids is 1. The Labute approximate surface area is 162 Å². The van der Waals surface area contributed by atoms with E-state index in [0.717, 1.165) is 11.1 Å². The summed E-state index contributed by atoms with van der Waals surface area (Å²) in [6.07, 6.45) is 0.0632. The normalized spacial score (nSPS) is 11.3. The molecule has 0 radical (unpaired) electrons. The van der Waals surface area contributed by atoms with E-state index in [1.807, 2.05) is 30.3 Å². The van der Waals surface area contributed by atoms with Crippen LogP contribution in [0, 0.1) is 11.3 Å². The van der Waals surface area contributed by atoms with Gasteiger partial charge in [-0.2, -0.15) is 10.4 Å². The Balaban J connectivity index is 1.87. The number of nitriles is 1. The van der Waals surface area contributed by atoms with Crippen LogP contribution >= 0.6 is 0 Å². The highest BCUT2D eigenvalue weighted by molar-refractivity contribution is 5.85. The zero-order chi connectivity index (χ0) is 19.9. The van der Waals surface area contributed by atoms with Gasteiger partial charge < -0.3 is 10.5 Å². The topological polar surface area (TPSA) is 114 Å². The van der Waals surface area contributed by atoms with E-state index in [9.17, 15) is 10.1 Å². The maximum atomic E-state index is 11.3. The van der Waals surface area contributed by atoms with Crippen LogP contribution in [0.1, 0.15) is 23.0 Å². The molecule has 1 amide bonds. The predicted octanol–water partition coefficient (Wildman–Crippen LogP) is 3.44. The van der Waals surface area contributed by atoms with E-state index in [1.54, 1.807) is 30.3 Å². The highest BCUT2D eigenvalue weighted by Gasteiger charge is 2.15. The molecular formula is C21H19N5O2. The summed E-state index contributed by atoms with van der Waals surface area (Å²) in [7, 11) is 1.30. The lowest BCUT2D eigenvalue weighted by Gasteiger charge is -2.13. The van der Waals surface area contributed by atoms with Crippen molar-refractivity contribution in [1.29, 1.82) is 5.26 Å². The van der Waals surface area contributed by atoms with E-state index in [4.69, 9.17) is 5.73 Å². The number of aromatic nitrogens is 2. The standard InChI is InChI=1S/C21H19N5O2/c1-28-21(27)24-16-9-7-15(8-10-16)17-12-19(25-26-20(17)13-22)18(23)11-14-5-3-2-4-6-14/h2-10,12,18H,11,23H2,1H3,(H,24,27). The molecule has 0 saturated carbocycles. The fourth-order valence-electron chi connectivity index (χ4n) is 2.77. The molecule has 140 valence electrons. The van der Waals surface area contributed by atoms with Gasteiger partial charge in [-0.1, -0.05) is 42.5 Å². The first-order chi connectivity index (χ1) is 13.6. The van der Waals surface area contributed by atoms with Crippen LogP contribution in [0.4, 0.5) is 10.5 Å². The average molecular weight is 373 g/mol. The number of amides is 1. The van der Waals surface area contributed by atoms with Crippen molar-refractivity contribution in [2.45, 2.75) is 12.5 Å². The summed E-state index contributed by atoms with van der Waals surface area (Å²) in [5, 5.41) is 20.1. The Morgan fingerprint density at radius 3 is 2.54 bits per heavy atom. The first-order valence-corrected chi connectivity index (χ1v) is 8.63. The molecule has 3 aromatic rings. The van der Waals surface area contributed by atoms with Crippen LogP contribution in [0.5, 0.6) is 0 Å². The van der Waals surface area contributed by atoms with Gasteiger partial charge in [0, 0.05) is 11.3 Å². The summed E-state index contributed by atoms with van der Waals surface area (Å²) in [4.78, 5) is 11.3. The van der Waals surface area contributed by atoms with Gasteiger partial charge in [-0.15, -0.1) is 5.10 Å². The molecule has 1 atom stereocenters. The minimum absolute atomic E-state index is 0.212. The van der Waals surface area contributed by atoms with Gasteiger partial charge >= 0.3 is 6.09 Å². The maximum absolute atomic E-state index is 11.3. The van der Waals surface area contributed by atoms with Crippen LogP contribution in [-0.2, 0) is 11.2 Å². The molecule has 0 aliphatic rings. The van der Waals surface area contributed by atoms with Crippen molar-refractivity contribution in [3.8, 4) is 17.2 Å². The smallest absolute Gasteiger partial charge is 0.411 e. The number of ether oxygens (including phenoxy) is 1. The third-order valence-corrected chi connectivity index (χ3v) is 4.22. The number of hydrogen-bond donors (Lipinski definition) is 2. The van der Waals surface area contributed by atoms with Crippen molar-refractivity contribution in [3.05, 3.63) is 77.6 Å². The molecule has 0 saturated heterocycles. The highest BCUT2D eigenvalue weighted by atomic mass is 16.5. The molecule has 1 heterocycles. The first-order valence-electron chi connectivity index (χ1n) is 8.63. The van der Waals surface area contributed by atoms with Gasteiger partial charge in [-0.25, -0.2) is 4.79 Å². The zero-order valence-corrected chi connectivity index (χ0v) is 15.3. The van der Waals surface area contributed by atoms with Crippen LogP contribution in [0.25, 0.3) is 11.1 Å². The molecule has 7 nitrogen and oxygen atoms in total. The van der Waals surface area contributed by atoms with Gasteiger partial charge in [-0.3, -0.25) is 5.32 Å². The summed E-state index contributed by atoms with van der Waals surface area (Å²) < 4.78 is 4.57. The Morgan fingerprint density at radius 1 is 1.18 bits per heavy atom. The number of nitrogens with two attached hydrogens (primary N) is 1. The van der Waals surface area contributed by atoms with Crippen LogP contribution in [0.15, 0.2) is 60.7 Å². The Hall–Kier alpha value is -3.76. The Bertz CT molecular complexity index is 998. The largest absolute Gasteiger partial charge is 0.453 e. The second-order valence-electron chi connectivity index (χ2n) is 6.13. The summed E-state index contributed by atoms with van der Waals surface area (Å²) in [5.41, 5.74) is 10.2. The molecule has 1 unspecified atom stereocenters. The van der Waals surface area contributed by atoms with Gasteiger partial charge in [0.25, 0.3) is 0 Å². The molecule has 0 aliphatic carbocycles. The molecule has 0 aliphatic heterocycles. The lowest BCUT2D eigenvalue weighted by atomic mass is 9.99. The van der Waals surface area contributed by atoms with Gasteiger partial charge in [-0.05, 0) is 35.7 Å². The third-order valence-electron chi connectivity index (χ3n) is 4.22. The SMILES string of the molecule is COC(=O)Nc1ccc(-c2cc(C(N)Cc3ccccc3)nnc2C#N)cc1. The number of hydrogen-bond acceptors (Lipinski definition) is 6. The lowest BCUT2D eigenvalue weighted by molar-refractivity contribution is 0.187. The molecule has 7 heteroatoms. The average Bonchev–Trinajstić information content (AvgIpc) is 2.74. The number of methoxy groups -OCH3 is 1. The van der Waals surface area contributed by atoms with Crippen molar-refractivity contribution in [3.63, 3.8) is 0 Å². The van der Waals surface area contributed by atoms with E-state index in [0.29, 0.717) is 23.4 Å². The molecule has 3 rings (SSSR count). The fourth-order valence-corrected chi connectivity index (χ4v) is 2.77. The molecule has 28 heavy (non-hydrogen) atoms. The number of benzene rings is 2. The summed E-state index contributed by atoms with van der Waals surface area (Å²) in [6, 6.07) is 20.4. The van der Waals surface area contributed by atoms with E-state index in [2.05, 4.69) is 26.3 Å². The lowest BCUT2D eigenvalue weighted by Crippen LogP contribution is -2.16. The summed E-state index contributed by atoms with van der Waals surface area (Å²) >= 11 is 0. The van der Waals surface area contributed by atoms with Crippen LogP contribution in [-0.4, -0.2) is 23.4 Å². The van der Waals surface area contributed by atoms with E-state index in [1.165, 1.54) is 7.11 Å². The van der Waals surface area contributed by atoms with Crippen LogP contribution < -0.4 is 11.1 Å².